The van der Waals surface area contributed by atoms with Gasteiger partial charge >= 0.3 is 0 Å². The molecule has 1 aliphatic rings. The summed E-state index contributed by atoms with van der Waals surface area (Å²) in [6, 6.07) is 5.51. The van der Waals surface area contributed by atoms with Gasteiger partial charge in [0.1, 0.15) is 24.8 Å². The van der Waals surface area contributed by atoms with E-state index in [4.69, 9.17) is 32.7 Å². The van der Waals surface area contributed by atoms with Crippen LogP contribution in [0.2, 0.25) is 10.0 Å². The van der Waals surface area contributed by atoms with E-state index >= 15 is 0 Å². The highest BCUT2D eigenvalue weighted by Crippen LogP contribution is 2.31. The fourth-order valence-electron chi connectivity index (χ4n) is 2.35. The summed E-state index contributed by atoms with van der Waals surface area (Å²) in [5.41, 5.74) is 0.282. The van der Waals surface area contributed by atoms with Crippen LogP contribution in [-0.4, -0.2) is 40.8 Å². The van der Waals surface area contributed by atoms with E-state index in [1.807, 2.05) is 18.2 Å². The third-order valence-electron chi connectivity index (χ3n) is 3.68. The molecule has 0 bridgehead atoms. The molecule has 0 saturated carbocycles. The predicted octanol–water partition coefficient (Wildman–Crippen LogP) is 1.98. The standard InChI is InChI=1S/C16H15Cl2N3O4/c1-20(8-10-2-3-12-13(6-10)25-5-4-24-12)14(22)9-21-16(23)15(18)11(17)7-19-21/h2-3,6-7H,4-5,8-9H2,1H3. The molecule has 7 nitrogen and oxygen atoms in total. The van der Waals surface area contributed by atoms with Crippen molar-refractivity contribution in [3.05, 3.63) is 50.4 Å². The number of likely N-dealkylation sites (N-methyl/N-ethyl adjacent to an activating group) is 1. The van der Waals surface area contributed by atoms with E-state index in [1.165, 1.54) is 11.1 Å². The van der Waals surface area contributed by atoms with Crippen molar-refractivity contribution in [1.29, 1.82) is 0 Å². The lowest BCUT2D eigenvalue weighted by Gasteiger charge is -2.21. The maximum Gasteiger partial charge on any atom is 0.287 e. The van der Waals surface area contributed by atoms with Gasteiger partial charge in [-0.15, -0.1) is 0 Å². The van der Waals surface area contributed by atoms with Crippen LogP contribution in [0.4, 0.5) is 0 Å². The number of rotatable bonds is 4. The molecule has 0 N–H and O–H groups in total. The van der Waals surface area contributed by atoms with Crippen molar-refractivity contribution in [1.82, 2.24) is 14.7 Å². The number of hydrogen-bond acceptors (Lipinski definition) is 5. The lowest BCUT2D eigenvalue weighted by molar-refractivity contribution is -0.131. The third-order valence-corrected chi connectivity index (χ3v) is 4.43. The van der Waals surface area contributed by atoms with Gasteiger partial charge in [-0.25, -0.2) is 4.68 Å². The fourth-order valence-corrected chi connectivity index (χ4v) is 2.63. The van der Waals surface area contributed by atoms with Crippen molar-refractivity contribution in [2.75, 3.05) is 20.3 Å². The average molecular weight is 384 g/mol. The normalized spacial score (nSPS) is 12.8. The van der Waals surface area contributed by atoms with Gasteiger partial charge < -0.3 is 14.4 Å². The molecule has 0 spiro atoms. The molecule has 0 aliphatic carbocycles. The lowest BCUT2D eigenvalue weighted by atomic mass is 10.2. The maximum atomic E-state index is 12.3. The summed E-state index contributed by atoms with van der Waals surface area (Å²) in [6.07, 6.45) is 1.24. The summed E-state index contributed by atoms with van der Waals surface area (Å²) in [5.74, 6) is 1.06. The minimum Gasteiger partial charge on any atom is -0.486 e. The first-order valence-electron chi connectivity index (χ1n) is 7.49. The van der Waals surface area contributed by atoms with Crippen LogP contribution in [0.3, 0.4) is 0 Å². The van der Waals surface area contributed by atoms with Gasteiger partial charge in [-0.1, -0.05) is 29.3 Å². The van der Waals surface area contributed by atoms with E-state index in [-0.39, 0.29) is 22.5 Å². The zero-order valence-corrected chi connectivity index (χ0v) is 14.9. The Hall–Kier alpha value is -2.25. The molecule has 3 rings (SSSR count). The first kappa shape index (κ1) is 17.6. The maximum absolute atomic E-state index is 12.3. The molecule has 25 heavy (non-hydrogen) atoms. The van der Waals surface area contributed by atoms with E-state index in [2.05, 4.69) is 5.10 Å². The van der Waals surface area contributed by atoms with Crippen LogP contribution < -0.4 is 15.0 Å². The average Bonchev–Trinajstić information content (AvgIpc) is 2.62. The van der Waals surface area contributed by atoms with Crippen molar-refractivity contribution in [2.45, 2.75) is 13.1 Å². The van der Waals surface area contributed by atoms with E-state index < -0.39 is 5.56 Å². The predicted molar refractivity (Wildman–Crippen MR) is 92.4 cm³/mol. The van der Waals surface area contributed by atoms with Crippen molar-refractivity contribution in [3.63, 3.8) is 0 Å². The number of carbonyl (C=O) groups excluding carboxylic acids is 1. The Morgan fingerprint density at radius 3 is 2.76 bits per heavy atom. The van der Waals surface area contributed by atoms with Gasteiger partial charge in [0.25, 0.3) is 5.56 Å². The number of nitrogens with zero attached hydrogens (tertiary/aromatic N) is 3. The van der Waals surface area contributed by atoms with Gasteiger partial charge in [-0.05, 0) is 17.7 Å². The summed E-state index contributed by atoms with van der Waals surface area (Å²) in [5, 5.41) is 3.73. The summed E-state index contributed by atoms with van der Waals surface area (Å²) >= 11 is 11.5. The monoisotopic (exact) mass is 383 g/mol. The second-order valence-electron chi connectivity index (χ2n) is 5.50. The Labute approximate surface area is 153 Å². The lowest BCUT2D eigenvalue weighted by Crippen LogP contribution is -2.35. The van der Waals surface area contributed by atoms with Crippen molar-refractivity contribution < 1.29 is 14.3 Å². The van der Waals surface area contributed by atoms with E-state index in [0.29, 0.717) is 31.3 Å². The number of aromatic nitrogens is 2. The molecule has 0 atom stereocenters. The SMILES string of the molecule is CN(Cc1ccc2c(c1)OCCO2)C(=O)Cn1ncc(Cl)c(Cl)c1=O. The molecule has 0 unspecified atom stereocenters. The highest BCUT2D eigenvalue weighted by molar-refractivity contribution is 6.41. The van der Waals surface area contributed by atoms with Crippen LogP contribution >= 0.6 is 23.2 Å². The van der Waals surface area contributed by atoms with Gasteiger partial charge in [0.2, 0.25) is 5.91 Å². The zero-order chi connectivity index (χ0) is 18.0. The molecule has 2 heterocycles. The molecule has 2 aromatic rings. The first-order chi connectivity index (χ1) is 12.0. The number of halogens is 2. The zero-order valence-electron chi connectivity index (χ0n) is 13.4. The molecule has 1 aromatic carbocycles. The van der Waals surface area contributed by atoms with Crippen molar-refractivity contribution >= 4 is 29.1 Å². The van der Waals surface area contributed by atoms with E-state index in [9.17, 15) is 9.59 Å². The number of fused-ring (bicyclic) bond motifs is 1. The second-order valence-corrected chi connectivity index (χ2v) is 6.28. The molecule has 1 aliphatic heterocycles. The Morgan fingerprint density at radius 1 is 1.28 bits per heavy atom. The Kier molecular flexibility index (Phi) is 5.15. The number of carbonyl (C=O) groups is 1. The number of ether oxygens (including phenoxy) is 2. The smallest absolute Gasteiger partial charge is 0.287 e. The Balaban J connectivity index is 1.69. The molecular weight excluding hydrogens is 369 g/mol. The summed E-state index contributed by atoms with van der Waals surface area (Å²) < 4.78 is 12.0. The van der Waals surface area contributed by atoms with Crippen LogP contribution in [0.5, 0.6) is 11.5 Å². The van der Waals surface area contributed by atoms with Crippen LogP contribution in [0.15, 0.2) is 29.2 Å². The molecule has 0 radical (unpaired) electrons. The Morgan fingerprint density at radius 2 is 2.00 bits per heavy atom. The molecule has 1 aromatic heterocycles. The van der Waals surface area contributed by atoms with Gasteiger partial charge in [0.05, 0.1) is 11.2 Å². The van der Waals surface area contributed by atoms with Crippen LogP contribution in [0.1, 0.15) is 5.56 Å². The number of benzene rings is 1. The number of amides is 1. The molecule has 1 amide bonds. The fraction of sp³-hybridized carbons (Fsp3) is 0.312. The van der Waals surface area contributed by atoms with E-state index in [0.717, 1.165) is 10.2 Å². The van der Waals surface area contributed by atoms with Gasteiger partial charge in [0.15, 0.2) is 11.5 Å². The minimum atomic E-state index is -0.602. The second kappa shape index (κ2) is 7.33. The third kappa shape index (κ3) is 3.88. The van der Waals surface area contributed by atoms with Gasteiger partial charge in [0, 0.05) is 13.6 Å². The summed E-state index contributed by atoms with van der Waals surface area (Å²) in [4.78, 5) is 25.8. The first-order valence-corrected chi connectivity index (χ1v) is 8.25. The molecule has 0 fully saturated rings. The van der Waals surface area contributed by atoms with Gasteiger partial charge in [-0.3, -0.25) is 9.59 Å². The highest BCUT2D eigenvalue weighted by Gasteiger charge is 2.16. The van der Waals surface area contributed by atoms with Crippen molar-refractivity contribution in [2.24, 2.45) is 0 Å². The topological polar surface area (TPSA) is 73.7 Å². The van der Waals surface area contributed by atoms with Crippen LogP contribution in [-0.2, 0) is 17.9 Å². The van der Waals surface area contributed by atoms with Crippen LogP contribution in [0, 0.1) is 0 Å². The molecule has 9 heteroatoms. The van der Waals surface area contributed by atoms with E-state index in [1.54, 1.807) is 7.05 Å². The van der Waals surface area contributed by atoms with Crippen LogP contribution in [0.25, 0.3) is 0 Å². The molecule has 132 valence electrons. The number of hydrogen-bond donors (Lipinski definition) is 0. The summed E-state index contributed by atoms with van der Waals surface area (Å²) in [6.45, 7) is 1.15. The minimum absolute atomic E-state index is 0.0556. The summed E-state index contributed by atoms with van der Waals surface area (Å²) in [7, 11) is 1.64. The van der Waals surface area contributed by atoms with Crippen molar-refractivity contribution in [3.8, 4) is 11.5 Å². The molecule has 0 saturated heterocycles. The largest absolute Gasteiger partial charge is 0.486 e. The highest BCUT2D eigenvalue weighted by atomic mass is 35.5. The van der Waals surface area contributed by atoms with Gasteiger partial charge in [-0.2, -0.15) is 5.10 Å². The Bertz CT molecular complexity index is 869. The molecular formula is C16H15Cl2N3O4. The quantitative estimate of drug-likeness (QED) is 0.806.